The van der Waals surface area contributed by atoms with E-state index < -0.39 is 0 Å². The molecule has 1 aromatic heterocycles. The fourth-order valence-corrected chi connectivity index (χ4v) is 3.96. The van der Waals surface area contributed by atoms with Crippen LogP contribution in [0, 0.1) is 0 Å². The Bertz CT molecular complexity index is 980. The first kappa shape index (κ1) is 21.0. The van der Waals surface area contributed by atoms with E-state index >= 15 is 0 Å². The van der Waals surface area contributed by atoms with E-state index in [1.165, 1.54) is 19.1 Å². The zero-order chi connectivity index (χ0) is 21.5. The smallest absolute Gasteiger partial charge is 0.287 e. The van der Waals surface area contributed by atoms with Gasteiger partial charge in [0.1, 0.15) is 18.1 Å². The van der Waals surface area contributed by atoms with Gasteiger partial charge in [-0.15, -0.1) is 0 Å². The van der Waals surface area contributed by atoms with E-state index in [1.807, 2.05) is 48.5 Å². The lowest BCUT2D eigenvalue weighted by atomic mass is 10.0. The van der Waals surface area contributed by atoms with E-state index in [0.29, 0.717) is 12.3 Å². The maximum atomic E-state index is 12.9. The number of carbonyl (C=O) groups excluding carboxylic acids is 1. The van der Waals surface area contributed by atoms with Gasteiger partial charge in [0.25, 0.3) is 5.91 Å². The second kappa shape index (κ2) is 10.2. The standard InChI is InChI=1S/C25H28N2O4/c1-29-22-11-7-8-19(16-22)23(27-13-5-6-14-27)17-26-25(28)24-20(12-15-30-24)18-31-21-9-3-2-4-10-21/h2-4,7-12,15-16,23H,5-6,13-14,17-18H2,1H3,(H,26,28). The van der Waals surface area contributed by atoms with Gasteiger partial charge in [-0.25, -0.2) is 0 Å². The number of nitrogens with zero attached hydrogens (tertiary/aromatic N) is 1. The average Bonchev–Trinajstić information content (AvgIpc) is 3.51. The third-order valence-corrected chi connectivity index (χ3v) is 5.61. The number of benzene rings is 2. The highest BCUT2D eigenvalue weighted by molar-refractivity contribution is 5.92. The van der Waals surface area contributed by atoms with Crippen LogP contribution in [-0.4, -0.2) is 37.6 Å². The molecule has 4 rings (SSSR count). The Morgan fingerprint density at radius 2 is 1.84 bits per heavy atom. The molecule has 2 heterocycles. The molecule has 0 spiro atoms. The third kappa shape index (κ3) is 5.27. The van der Waals surface area contributed by atoms with Gasteiger partial charge in [0.2, 0.25) is 0 Å². The van der Waals surface area contributed by atoms with Crippen molar-refractivity contribution in [1.82, 2.24) is 10.2 Å². The molecule has 1 atom stereocenters. The maximum Gasteiger partial charge on any atom is 0.287 e. The Balaban J connectivity index is 1.43. The van der Waals surface area contributed by atoms with Gasteiger partial charge in [0.15, 0.2) is 5.76 Å². The number of ether oxygens (including phenoxy) is 2. The number of furan rings is 1. The average molecular weight is 421 g/mol. The highest BCUT2D eigenvalue weighted by Gasteiger charge is 2.25. The van der Waals surface area contributed by atoms with Crippen LogP contribution in [0.4, 0.5) is 0 Å². The highest BCUT2D eigenvalue weighted by atomic mass is 16.5. The molecule has 0 bridgehead atoms. The summed E-state index contributed by atoms with van der Waals surface area (Å²) in [5.41, 5.74) is 1.86. The summed E-state index contributed by atoms with van der Waals surface area (Å²) in [6.07, 6.45) is 3.87. The van der Waals surface area contributed by atoms with E-state index in [1.54, 1.807) is 13.2 Å². The van der Waals surface area contributed by atoms with Crippen LogP contribution < -0.4 is 14.8 Å². The maximum absolute atomic E-state index is 12.9. The van der Waals surface area contributed by atoms with Gasteiger partial charge in [0, 0.05) is 12.1 Å². The number of hydrogen-bond acceptors (Lipinski definition) is 5. The van der Waals surface area contributed by atoms with Crippen LogP contribution in [-0.2, 0) is 6.61 Å². The minimum Gasteiger partial charge on any atom is -0.497 e. The normalized spacial score (nSPS) is 14.9. The zero-order valence-corrected chi connectivity index (χ0v) is 17.8. The molecular weight excluding hydrogens is 392 g/mol. The van der Waals surface area contributed by atoms with Crippen LogP contribution in [0.15, 0.2) is 71.3 Å². The molecule has 31 heavy (non-hydrogen) atoms. The van der Waals surface area contributed by atoms with Crippen molar-refractivity contribution in [2.45, 2.75) is 25.5 Å². The van der Waals surface area contributed by atoms with Crippen molar-refractivity contribution in [3.05, 3.63) is 83.8 Å². The van der Waals surface area contributed by atoms with Gasteiger partial charge in [-0.2, -0.15) is 0 Å². The van der Waals surface area contributed by atoms with E-state index in [9.17, 15) is 4.79 Å². The van der Waals surface area contributed by atoms with Crippen molar-refractivity contribution in [1.29, 1.82) is 0 Å². The number of rotatable bonds is 9. The van der Waals surface area contributed by atoms with Gasteiger partial charge in [-0.3, -0.25) is 9.69 Å². The molecule has 1 amide bonds. The Hall–Kier alpha value is -3.25. The number of methoxy groups -OCH3 is 1. The lowest BCUT2D eigenvalue weighted by Crippen LogP contribution is -2.37. The van der Waals surface area contributed by atoms with E-state index in [0.717, 1.165) is 35.7 Å². The molecule has 6 heteroatoms. The molecule has 162 valence electrons. The van der Waals surface area contributed by atoms with Crippen molar-refractivity contribution in [3.8, 4) is 11.5 Å². The Morgan fingerprint density at radius 3 is 2.61 bits per heavy atom. The molecule has 1 unspecified atom stereocenters. The van der Waals surface area contributed by atoms with E-state index in [4.69, 9.17) is 13.9 Å². The first-order chi connectivity index (χ1) is 15.2. The Labute approximate surface area is 182 Å². The summed E-state index contributed by atoms with van der Waals surface area (Å²) in [7, 11) is 1.67. The molecule has 1 N–H and O–H groups in total. The fourth-order valence-electron chi connectivity index (χ4n) is 3.96. The largest absolute Gasteiger partial charge is 0.497 e. The molecule has 1 saturated heterocycles. The van der Waals surface area contributed by atoms with Crippen LogP contribution in [0.2, 0.25) is 0 Å². The summed E-state index contributed by atoms with van der Waals surface area (Å²) in [6, 6.07) is 19.4. The highest BCUT2D eigenvalue weighted by Crippen LogP contribution is 2.27. The second-order valence-electron chi connectivity index (χ2n) is 7.62. The van der Waals surface area contributed by atoms with Crippen LogP contribution >= 0.6 is 0 Å². The van der Waals surface area contributed by atoms with Crippen LogP contribution in [0.25, 0.3) is 0 Å². The van der Waals surface area contributed by atoms with Crippen molar-refractivity contribution in [2.75, 3.05) is 26.7 Å². The summed E-state index contributed by atoms with van der Waals surface area (Å²) in [6.45, 7) is 2.81. The molecule has 2 aromatic carbocycles. The lowest BCUT2D eigenvalue weighted by molar-refractivity contribution is 0.0906. The van der Waals surface area contributed by atoms with E-state index in [2.05, 4.69) is 16.3 Å². The van der Waals surface area contributed by atoms with Gasteiger partial charge in [0.05, 0.1) is 19.4 Å². The summed E-state index contributed by atoms with van der Waals surface area (Å²) in [5.74, 6) is 1.63. The quantitative estimate of drug-likeness (QED) is 0.555. The van der Waals surface area contributed by atoms with Gasteiger partial charge in [-0.1, -0.05) is 30.3 Å². The number of nitrogens with one attached hydrogen (secondary N) is 1. The topological polar surface area (TPSA) is 63.9 Å². The molecule has 0 saturated carbocycles. The first-order valence-electron chi connectivity index (χ1n) is 10.6. The third-order valence-electron chi connectivity index (χ3n) is 5.61. The first-order valence-corrected chi connectivity index (χ1v) is 10.6. The minimum atomic E-state index is -0.233. The molecule has 0 radical (unpaired) electrons. The predicted molar refractivity (Wildman–Crippen MR) is 118 cm³/mol. The van der Waals surface area contributed by atoms with Gasteiger partial charge >= 0.3 is 0 Å². The molecule has 3 aromatic rings. The molecule has 1 aliphatic heterocycles. The number of carbonyl (C=O) groups is 1. The number of para-hydroxylation sites is 1. The SMILES string of the molecule is COc1cccc(C(CNC(=O)c2occc2COc2ccccc2)N2CCCC2)c1. The molecule has 1 aliphatic rings. The monoisotopic (exact) mass is 420 g/mol. The van der Waals surface area contributed by atoms with Gasteiger partial charge in [-0.05, 0) is 61.8 Å². The van der Waals surface area contributed by atoms with Crippen molar-refractivity contribution in [3.63, 3.8) is 0 Å². The Kier molecular flexibility index (Phi) is 6.89. The van der Waals surface area contributed by atoms with Crippen LogP contribution in [0.1, 0.15) is 40.6 Å². The predicted octanol–water partition coefficient (Wildman–Crippen LogP) is 4.43. The molecular formula is C25H28N2O4. The van der Waals surface area contributed by atoms with Crippen molar-refractivity contribution in [2.24, 2.45) is 0 Å². The van der Waals surface area contributed by atoms with Gasteiger partial charge < -0.3 is 19.2 Å². The van der Waals surface area contributed by atoms with Crippen LogP contribution in [0.5, 0.6) is 11.5 Å². The molecule has 0 aliphatic carbocycles. The number of hydrogen-bond donors (Lipinski definition) is 1. The minimum absolute atomic E-state index is 0.0838. The van der Waals surface area contributed by atoms with Crippen molar-refractivity contribution >= 4 is 5.91 Å². The number of likely N-dealkylation sites (tertiary alicyclic amines) is 1. The second-order valence-corrected chi connectivity index (χ2v) is 7.62. The lowest BCUT2D eigenvalue weighted by Gasteiger charge is -2.28. The summed E-state index contributed by atoms with van der Waals surface area (Å²) < 4.78 is 16.7. The number of amides is 1. The molecule has 6 nitrogen and oxygen atoms in total. The summed E-state index contributed by atoms with van der Waals surface area (Å²) in [5, 5.41) is 3.07. The summed E-state index contributed by atoms with van der Waals surface area (Å²) >= 11 is 0. The Morgan fingerprint density at radius 1 is 1.06 bits per heavy atom. The van der Waals surface area contributed by atoms with Crippen molar-refractivity contribution < 1.29 is 18.7 Å². The zero-order valence-electron chi connectivity index (χ0n) is 17.8. The fraction of sp³-hybridized carbons (Fsp3) is 0.320. The summed E-state index contributed by atoms with van der Waals surface area (Å²) in [4.78, 5) is 15.3. The molecule has 1 fully saturated rings. The van der Waals surface area contributed by atoms with Crippen LogP contribution in [0.3, 0.4) is 0 Å². The van der Waals surface area contributed by atoms with E-state index in [-0.39, 0.29) is 18.6 Å².